The van der Waals surface area contributed by atoms with Crippen LogP contribution in [0.3, 0.4) is 0 Å². The van der Waals surface area contributed by atoms with Gasteiger partial charge in [-0.3, -0.25) is 9.59 Å². The zero-order chi connectivity index (χ0) is 37.8. The number of nitrogens with one attached hydrogen (secondary N) is 1. The molecule has 2 aliphatic rings. The lowest BCUT2D eigenvalue weighted by atomic mass is 9.65. The molecule has 0 spiro atoms. The van der Waals surface area contributed by atoms with Crippen LogP contribution < -0.4 is 5.32 Å². The van der Waals surface area contributed by atoms with Crippen LogP contribution in [0.5, 0.6) is 0 Å². The van der Waals surface area contributed by atoms with E-state index < -0.39 is 22.0 Å². The lowest BCUT2D eigenvalue weighted by Gasteiger charge is -2.45. The lowest BCUT2D eigenvalue weighted by molar-refractivity contribution is -0.164. The first-order valence-electron chi connectivity index (χ1n) is 19.0. The van der Waals surface area contributed by atoms with Gasteiger partial charge in [0.05, 0.1) is 17.9 Å². The van der Waals surface area contributed by atoms with Crippen molar-refractivity contribution >= 4 is 28.5 Å². The second-order valence-corrected chi connectivity index (χ2v) is 28.4. The van der Waals surface area contributed by atoms with E-state index in [2.05, 4.69) is 112 Å². The van der Waals surface area contributed by atoms with Gasteiger partial charge >= 0.3 is 5.97 Å². The molecule has 9 heteroatoms. The first-order valence-corrected chi connectivity index (χ1v) is 24.8. The van der Waals surface area contributed by atoms with Gasteiger partial charge in [-0.15, -0.1) is 0 Å². The molecule has 8 atom stereocenters. The number of carbonyl (C=O) groups is 2. The average Bonchev–Trinajstić information content (AvgIpc) is 2.94. The van der Waals surface area contributed by atoms with Crippen molar-refractivity contribution in [2.45, 2.75) is 182 Å². The molecule has 2 aliphatic carbocycles. The maximum Gasteiger partial charge on any atom is 0.311 e. The summed E-state index contributed by atoms with van der Waals surface area (Å²) in [4.78, 5) is 26.7. The Morgan fingerprint density at radius 2 is 1.49 bits per heavy atom. The molecule has 1 N–H and O–H groups in total. The van der Waals surface area contributed by atoms with Gasteiger partial charge in [-0.05, 0) is 112 Å². The molecule has 1 unspecified atom stereocenters. The zero-order valence-electron chi connectivity index (χ0n) is 34.5. The summed E-state index contributed by atoms with van der Waals surface area (Å²) in [6.45, 7) is 35.1. The molecule has 0 heterocycles. The predicted octanol–water partition coefficient (Wildman–Crippen LogP) is 10.2. The first-order chi connectivity index (χ1) is 22.2. The molecule has 0 saturated carbocycles. The van der Waals surface area contributed by atoms with E-state index in [4.69, 9.17) is 18.3 Å². The lowest BCUT2D eigenvalue weighted by Crippen LogP contribution is -2.48. The molecule has 49 heavy (non-hydrogen) atoms. The van der Waals surface area contributed by atoms with Crippen LogP contribution >= 0.6 is 0 Å². The summed E-state index contributed by atoms with van der Waals surface area (Å²) < 4.78 is 26.0. The topological polar surface area (TPSA) is 83.1 Å². The minimum absolute atomic E-state index is 0.000833. The molecule has 0 fully saturated rings. The maximum atomic E-state index is 13.4. The summed E-state index contributed by atoms with van der Waals surface area (Å²) in [6.07, 6.45) is 10.4. The standard InChI is InChI=1S/C40H75NO6Si2/c1-18-40(11,12)37(43)45-34-24-27(2)23-30-20-19-28(3)33(36(30)34)22-21-31(46-48(14,15)38(5,6)7)25-32(26-35(42)41-29(4)44-13)47-49(16,17)39(8,9)10/h19-20,23,27-29,31-34,36H,18,21-22,24-26H2,1-17H3,(H,41,42)/t27-,28-,29?,31+,32+,33-,34-,36-/m0/s1. The third-order valence-electron chi connectivity index (χ3n) is 12.3. The van der Waals surface area contributed by atoms with Crippen LogP contribution in [-0.4, -0.2) is 60.2 Å². The van der Waals surface area contributed by atoms with Crippen molar-refractivity contribution in [3.05, 3.63) is 23.8 Å². The third kappa shape index (κ3) is 12.1. The van der Waals surface area contributed by atoms with Gasteiger partial charge < -0.3 is 23.6 Å². The van der Waals surface area contributed by atoms with Crippen molar-refractivity contribution in [2.75, 3.05) is 7.11 Å². The first kappa shape index (κ1) is 43.9. The van der Waals surface area contributed by atoms with Gasteiger partial charge in [0, 0.05) is 19.1 Å². The fourth-order valence-electron chi connectivity index (χ4n) is 6.47. The highest BCUT2D eigenvalue weighted by molar-refractivity contribution is 6.74. The Labute approximate surface area is 303 Å². The van der Waals surface area contributed by atoms with E-state index in [0.717, 1.165) is 25.7 Å². The SMILES string of the molecule is CCC(C)(C)C(=O)O[C@H]1C[C@@H](C)C=C2C=C[C@H](C)[C@H](CC[C@H](C[C@H](CC(=O)NC(C)OC)O[Si](C)(C)C(C)(C)C)O[Si](C)(C)C(C)(C)C)[C@H]21. The van der Waals surface area contributed by atoms with E-state index in [1.807, 2.05) is 20.8 Å². The summed E-state index contributed by atoms with van der Waals surface area (Å²) in [7, 11) is -2.77. The number of fused-ring (bicyclic) bond motifs is 1. The number of hydrogen-bond acceptors (Lipinski definition) is 6. The minimum atomic E-state index is -2.21. The van der Waals surface area contributed by atoms with Crippen LogP contribution in [0.4, 0.5) is 0 Å². The van der Waals surface area contributed by atoms with Crippen LogP contribution in [0.1, 0.15) is 122 Å². The highest BCUT2D eigenvalue weighted by Gasteiger charge is 2.45. The normalized spacial score (nSPS) is 25.6. The molecule has 2 rings (SSSR count). The van der Waals surface area contributed by atoms with E-state index >= 15 is 0 Å². The number of esters is 1. The summed E-state index contributed by atoms with van der Waals surface area (Å²) in [5.41, 5.74) is 0.795. The van der Waals surface area contributed by atoms with Gasteiger partial charge in [-0.25, -0.2) is 0 Å². The van der Waals surface area contributed by atoms with Crippen LogP contribution in [0.15, 0.2) is 23.8 Å². The Morgan fingerprint density at radius 3 is 2.00 bits per heavy atom. The van der Waals surface area contributed by atoms with Crippen LogP contribution in [0, 0.1) is 29.1 Å². The van der Waals surface area contributed by atoms with E-state index in [9.17, 15) is 9.59 Å². The van der Waals surface area contributed by atoms with Crippen LogP contribution in [0.2, 0.25) is 36.3 Å². The highest BCUT2D eigenvalue weighted by atomic mass is 28.4. The fraction of sp³-hybridized carbons (Fsp3) is 0.850. The Bertz CT molecular complexity index is 1160. The summed E-state index contributed by atoms with van der Waals surface area (Å²) >= 11 is 0. The molecule has 284 valence electrons. The van der Waals surface area contributed by atoms with Gasteiger partial charge in [0.25, 0.3) is 0 Å². The van der Waals surface area contributed by atoms with Gasteiger partial charge in [-0.1, -0.05) is 80.5 Å². The van der Waals surface area contributed by atoms with Crippen molar-refractivity contribution in [1.82, 2.24) is 5.32 Å². The second kappa shape index (κ2) is 17.0. The molecule has 0 radical (unpaired) electrons. The molecule has 1 amide bonds. The monoisotopic (exact) mass is 722 g/mol. The molecule has 0 aromatic rings. The smallest absolute Gasteiger partial charge is 0.311 e. The van der Waals surface area contributed by atoms with E-state index in [1.165, 1.54) is 5.57 Å². The van der Waals surface area contributed by atoms with Gasteiger partial charge in [-0.2, -0.15) is 0 Å². The van der Waals surface area contributed by atoms with Crippen molar-refractivity contribution in [3.8, 4) is 0 Å². The summed E-state index contributed by atoms with van der Waals surface area (Å²) in [6, 6.07) is 0. The fourth-order valence-corrected chi connectivity index (χ4v) is 9.24. The predicted molar refractivity (Wildman–Crippen MR) is 208 cm³/mol. The third-order valence-corrected chi connectivity index (χ3v) is 21.4. The Hall–Kier alpha value is -1.27. The molecule has 0 saturated heterocycles. The number of allylic oxidation sites excluding steroid dienone is 3. The van der Waals surface area contributed by atoms with Crippen molar-refractivity contribution in [3.63, 3.8) is 0 Å². The maximum absolute atomic E-state index is 13.4. The molecule has 0 aromatic heterocycles. The van der Waals surface area contributed by atoms with Crippen molar-refractivity contribution in [2.24, 2.45) is 29.1 Å². The number of rotatable bonds is 16. The quantitative estimate of drug-likeness (QED) is 0.0971. The van der Waals surface area contributed by atoms with Crippen LogP contribution in [0.25, 0.3) is 0 Å². The van der Waals surface area contributed by atoms with Gasteiger partial charge in [0.15, 0.2) is 16.6 Å². The van der Waals surface area contributed by atoms with E-state index in [1.54, 1.807) is 7.11 Å². The van der Waals surface area contributed by atoms with Crippen LogP contribution in [-0.2, 0) is 27.9 Å². The van der Waals surface area contributed by atoms with E-state index in [-0.39, 0.29) is 58.8 Å². The molecule has 7 nitrogen and oxygen atoms in total. The second-order valence-electron chi connectivity index (χ2n) is 18.9. The molecule has 0 bridgehead atoms. The summed E-state index contributed by atoms with van der Waals surface area (Å²) in [5.74, 6) is 0.984. The number of amides is 1. The van der Waals surface area contributed by atoms with E-state index in [0.29, 0.717) is 24.2 Å². The van der Waals surface area contributed by atoms with Crippen molar-refractivity contribution in [1.29, 1.82) is 0 Å². The minimum Gasteiger partial charge on any atom is -0.461 e. The number of hydrogen-bond donors (Lipinski definition) is 1. The Balaban J connectivity index is 2.48. The summed E-state index contributed by atoms with van der Waals surface area (Å²) in [5, 5.41) is 3.01. The number of carbonyl (C=O) groups excluding carboxylic acids is 2. The Morgan fingerprint density at radius 1 is 0.939 bits per heavy atom. The molecular weight excluding hydrogens is 647 g/mol. The molecule has 0 aromatic carbocycles. The Kier molecular flexibility index (Phi) is 15.3. The largest absolute Gasteiger partial charge is 0.461 e. The van der Waals surface area contributed by atoms with Crippen molar-refractivity contribution < 1.29 is 27.9 Å². The molecular formula is C40H75NO6Si2. The zero-order valence-corrected chi connectivity index (χ0v) is 36.5. The van der Waals surface area contributed by atoms with Gasteiger partial charge in [0.1, 0.15) is 12.3 Å². The van der Waals surface area contributed by atoms with Gasteiger partial charge in [0.2, 0.25) is 5.91 Å². The molecule has 0 aliphatic heterocycles. The number of ether oxygens (including phenoxy) is 2. The number of methoxy groups -OCH3 is 1. The average molecular weight is 722 g/mol. The highest BCUT2D eigenvalue weighted by Crippen LogP contribution is 2.47.